The van der Waals surface area contributed by atoms with Gasteiger partial charge in [-0.2, -0.15) is 4.98 Å². The predicted molar refractivity (Wildman–Crippen MR) is 111 cm³/mol. The Morgan fingerprint density at radius 2 is 2.03 bits per heavy atom. The van der Waals surface area contributed by atoms with Crippen molar-refractivity contribution in [2.45, 2.75) is 44.5 Å². The molecule has 1 heterocycles. The predicted octanol–water partition coefficient (Wildman–Crippen LogP) is 5.26. The van der Waals surface area contributed by atoms with Crippen LogP contribution in [0.1, 0.15) is 37.0 Å². The summed E-state index contributed by atoms with van der Waals surface area (Å²) < 4.78 is 40.6. The van der Waals surface area contributed by atoms with Gasteiger partial charge in [0.05, 0.1) is 10.8 Å². The Labute approximate surface area is 181 Å². The van der Waals surface area contributed by atoms with E-state index in [0.717, 1.165) is 25.0 Å². The third-order valence-electron chi connectivity index (χ3n) is 5.62. The fraction of sp³-hybridized carbons (Fsp3) is 0.429. The molecule has 0 saturated heterocycles. The number of allylic oxidation sites excluding steroid dienone is 1. The van der Waals surface area contributed by atoms with E-state index in [1.165, 1.54) is 23.5 Å². The van der Waals surface area contributed by atoms with Crippen LogP contribution in [0.15, 0.2) is 36.4 Å². The van der Waals surface area contributed by atoms with Crippen LogP contribution < -0.4 is 15.4 Å². The summed E-state index contributed by atoms with van der Waals surface area (Å²) in [7, 11) is 0. The number of thiazole rings is 1. The maximum atomic E-state index is 12.8. The van der Waals surface area contributed by atoms with Gasteiger partial charge in [-0.3, -0.25) is 4.79 Å². The number of rotatable bonds is 7. The van der Waals surface area contributed by atoms with Gasteiger partial charge in [0.15, 0.2) is 5.13 Å². The average Bonchev–Trinajstić information content (AvgIpc) is 3.39. The van der Waals surface area contributed by atoms with Gasteiger partial charge in [0.2, 0.25) is 11.8 Å². The number of amides is 1. The van der Waals surface area contributed by atoms with Crippen molar-refractivity contribution in [1.29, 1.82) is 0 Å². The molecular weight excluding hydrogens is 431 g/mol. The van der Waals surface area contributed by atoms with Gasteiger partial charge in [0.25, 0.3) is 0 Å². The van der Waals surface area contributed by atoms with E-state index in [-0.39, 0.29) is 23.6 Å². The minimum absolute atomic E-state index is 0.179. The van der Waals surface area contributed by atoms with Crippen molar-refractivity contribution in [2.75, 3.05) is 10.6 Å². The molecule has 2 aliphatic carbocycles. The van der Waals surface area contributed by atoms with E-state index >= 15 is 0 Å². The second kappa shape index (κ2) is 8.41. The Morgan fingerprint density at radius 1 is 1.29 bits per heavy atom. The molecule has 4 rings (SSSR count). The number of carbonyl (C=O) groups excluding carboxylic acids is 1. The second-order valence-corrected chi connectivity index (χ2v) is 8.79. The van der Waals surface area contributed by atoms with Crippen LogP contribution >= 0.6 is 11.3 Å². The first-order valence-corrected chi connectivity index (χ1v) is 10.8. The lowest BCUT2D eigenvalue weighted by atomic mass is 10.0. The lowest BCUT2D eigenvalue weighted by Crippen LogP contribution is -2.23. The molecule has 0 spiro atoms. The smallest absolute Gasteiger partial charge is 0.492 e. The maximum Gasteiger partial charge on any atom is 0.573 e. The molecule has 0 radical (unpaired) electrons. The zero-order chi connectivity index (χ0) is 22.2. The summed E-state index contributed by atoms with van der Waals surface area (Å²) in [6.07, 6.45) is 2.27. The molecular formula is C21H22F3N3O3S. The van der Waals surface area contributed by atoms with E-state index in [1.807, 2.05) is 6.92 Å². The molecule has 2 aliphatic rings. The van der Waals surface area contributed by atoms with Crippen LogP contribution in [0.4, 0.5) is 24.0 Å². The highest BCUT2D eigenvalue weighted by atomic mass is 32.1. The Morgan fingerprint density at radius 3 is 2.61 bits per heavy atom. The number of nitrogens with zero attached hydrogens (tertiary/aromatic N) is 1. The SMILES string of the molecule is CCC(C(=O)Nc1ccc(OC(F)(F)F)cc1)c1sc(NC2CC3C=CC2C3)nc1O. The molecule has 10 heteroatoms. The number of aromatic hydroxyl groups is 1. The van der Waals surface area contributed by atoms with E-state index < -0.39 is 12.3 Å². The summed E-state index contributed by atoms with van der Waals surface area (Å²) in [5.41, 5.74) is 0.328. The number of halogens is 3. The minimum Gasteiger partial charge on any atom is -0.492 e. The highest BCUT2D eigenvalue weighted by Crippen LogP contribution is 2.43. The van der Waals surface area contributed by atoms with E-state index in [0.29, 0.717) is 34.0 Å². The molecule has 2 aromatic rings. The molecule has 31 heavy (non-hydrogen) atoms. The summed E-state index contributed by atoms with van der Waals surface area (Å²) in [5, 5.41) is 17.0. The van der Waals surface area contributed by atoms with Crippen LogP contribution in [0.25, 0.3) is 0 Å². The summed E-state index contributed by atoms with van der Waals surface area (Å²) in [6.45, 7) is 1.82. The number of hydrogen-bond acceptors (Lipinski definition) is 6. The quantitative estimate of drug-likeness (QED) is 0.499. The minimum atomic E-state index is -4.78. The van der Waals surface area contributed by atoms with Crippen LogP contribution in [-0.2, 0) is 4.79 Å². The van der Waals surface area contributed by atoms with Crippen molar-refractivity contribution >= 4 is 28.1 Å². The number of anilines is 2. The monoisotopic (exact) mass is 453 g/mol. The van der Waals surface area contributed by atoms with Crippen LogP contribution in [-0.4, -0.2) is 28.4 Å². The summed E-state index contributed by atoms with van der Waals surface area (Å²) in [4.78, 5) is 17.4. The highest BCUT2D eigenvalue weighted by molar-refractivity contribution is 7.16. The molecule has 3 N–H and O–H groups in total. The molecule has 4 unspecified atom stereocenters. The van der Waals surface area contributed by atoms with E-state index in [9.17, 15) is 23.1 Å². The summed E-state index contributed by atoms with van der Waals surface area (Å²) in [6, 6.07) is 5.18. The molecule has 1 fully saturated rings. The van der Waals surface area contributed by atoms with Gasteiger partial charge < -0.3 is 20.5 Å². The Kier molecular flexibility index (Phi) is 5.83. The average molecular weight is 453 g/mol. The van der Waals surface area contributed by atoms with E-state index in [1.54, 1.807) is 0 Å². The van der Waals surface area contributed by atoms with Crippen LogP contribution in [0.2, 0.25) is 0 Å². The number of fused-ring (bicyclic) bond motifs is 2. The maximum absolute atomic E-state index is 12.8. The largest absolute Gasteiger partial charge is 0.573 e. The first-order valence-electron chi connectivity index (χ1n) is 10.0. The van der Waals surface area contributed by atoms with Crippen molar-refractivity contribution in [3.05, 3.63) is 41.3 Å². The molecule has 1 saturated carbocycles. The van der Waals surface area contributed by atoms with Crippen molar-refractivity contribution in [3.63, 3.8) is 0 Å². The Bertz CT molecular complexity index is 974. The number of benzene rings is 1. The number of alkyl halides is 3. The van der Waals surface area contributed by atoms with Gasteiger partial charge in [-0.05, 0) is 55.4 Å². The number of aromatic nitrogens is 1. The highest BCUT2D eigenvalue weighted by Gasteiger charge is 2.36. The third kappa shape index (κ3) is 4.95. The van der Waals surface area contributed by atoms with Gasteiger partial charge in [-0.1, -0.05) is 30.4 Å². The van der Waals surface area contributed by atoms with Crippen LogP contribution in [0.5, 0.6) is 11.6 Å². The fourth-order valence-electron chi connectivity index (χ4n) is 4.18. The molecule has 166 valence electrons. The molecule has 4 atom stereocenters. The Hall–Kier alpha value is -2.75. The Balaban J connectivity index is 1.41. The van der Waals surface area contributed by atoms with Crippen molar-refractivity contribution in [3.8, 4) is 11.6 Å². The lowest BCUT2D eigenvalue weighted by molar-refractivity contribution is -0.274. The van der Waals surface area contributed by atoms with Crippen molar-refractivity contribution in [1.82, 2.24) is 4.98 Å². The normalized spacial score (nSPS) is 23.0. The van der Waals surface area contributed by atoms with Crippen LogP contribution in [0, 0.1) is 11.8 Å². The summed E-state index contributed by atoms with van der Waals surface area (Å²) >= 11 is 1.25. The van der Waals surface area contributed by atoms with Crippen molar-refractivity contribution < 1.29 is 27.8 Å². The van der Waals surface area contributed by atoms with Gasteiger partial charge in [0, 0.05) is 11.7 Å². The standard InChI is InChI=1S/C21H22F3N3O3S/c1-2-15(18(28)25-13-5-7-14(8-6-13)30-21(22,23)24)17-19(29)27-20(31-17)26-16-10-11-3-4-12(16)9-11/h3-8,11-12,15-16,29H,2,9-10H2,1H3,(H,25,28)(H,26,27). The third-order valence-corrected chi connectivity index (χ3v) is 6.71. The zero-order valence-electron chi connectivity index (χ0n) is 16.6. The first kappa shape index (κ1) is 21.5. The fourth-order valence-corrected chi connectivity index (χ4v) is 5.28. The molecule has 6 nitrogen and oxygen atoms in total. The molecule has 1 amide bonds. The molecule has 1 aromatic carbocycles. The number of ether oxygens (including phenoxy) is 1. The summed E-state index contributed by atoms with van der Waals surface area (Å²) in [5.74, 6) is -0.503. The van der Waals surface area contributed by atoms with Gasteiger partial charge in [-0.15, -0.1) is 13.2 Å². The van der Waals surface area contributed by atoms with E-state index in [4.69, 9.17) is 0 Å². The zero-order valence-corrected chi connectivity index (χ0v) is 17.5. The molecule has 0 aliphatic heterocycles. The van der Waals surface area contributed by atoms with Gasteiger partial charge in [-0.25, -0.2) is 0 Å². The number of hydrogen-bond donors (Lipinski definition) is 3. The topological polar surface area (TPSA) is 83.5 Å². The van der Waals surface area contributed by atoms with Crippen molar-refractivity contribution in [2.24, 2.45) is 11.8 Å². The number of nitrogens with one attached hydrogen (secondary N) is 2. The molecule has 2 bridgehead atoms. The number of carbonyl (C=O) groups is 1. The van der Waals surface area contributed by atoms with Gasteiger partial charge >= 0.3 is 6.36 Å². The second-order valence-electron chi connectivity index (χ2n) is 7.76. The lowest BCUT2D eigenvalue weighted by Gasteiger charge is -2.18. The first-order chi connectivity index (χ1) is 14.7. The van der Waals surface area contributed by atoms with Gasteiger partial charge in [0.1, 0.15) is 5.75 Å². The van der Waals surface area contributed by atoms with E-state index in [2.05, 4.69) is 32.5 Å². The molecule has 1 aromatic heterocycles. The van der Waals surface area contributed by atoms with Crippen LogP contribution in [0.3, 0.4) is 0 Å².